The second-order valence-electron chi connectivity index (χ2n) is 5.54. The van der Waals surface area contributed by atoms with Crippen molar-refractivity contribution in [2.75, 3.05) is 17.5 Å². The fourth-order valence-electron chi connectivity index (χ4n) is 2.69. The summed E-state index contributed by atoms with van der Waals surface area (Å²) in [4.78, 5) is 10.5. The van der Waals surface area contributed by atoms with Crippen LogP contribution in [0, 0.1) is 24.0 Å². The van der Waals surface area contributed by atoms with Gasteiger partial charge in [-0.1, -0.05) is 12.1 Å². The third kappa shape index (κ3) is 2.58. The Kier molecular flexibility index (Phi) is 3.92. The predicted octanol–water partition coefficient (Wildman–Crippen LogP) is 2.80. The van der Waals surface area contributed by atoms with Crippen LogP contribution in [0.25, 0.3) is 0 Å². The van der Waals surface area contributed by atoms with Crippen LogP contribution in [0.5, 0.6) is 5.75 Å². The maximum Gasteiger partial charge on any atom is 0.271 e. The fourth-order valence-corrected chi connectivity index (χ4v) is 4.47. The highest BCUT2D eigenvalue weighted by molar-refractivity contribution is 7.93. The number of benzene rings is 2. The van der Waals surface area contributed by atoms with Crippen LogP contribution in [0.2, 0.25) is 0 Å². The topological polar surface area (TPSA) is 89.8 Å². The second-order valence-corrected chi connectivity index (χ2v) is 7.37. The number of rotatable bonds is 3. The van der Waals surface area contributed by atoms with Crippen LogP contribution in [0.3, 0.4) is 0 Å². The Morgan fingerprint density at radius 1 is 1.21 bits per heavy atom. The SMILES string of the molecule is Cc1cc([N+](=O)[O-])cc(S(=O)(=O)N2CCOc3ccccc32)c1C. The quantitative estimate of drug-likeness (QED) is 0.628. The summed E-state index contributed by atoms with van der Waals surface area (Å²) in [7, 11) is -3.94. The van der Waals surface area contributed by atoms with Crippen LogP contribution in [0.15, 0.2) is 41.3 Å². The molecule has 2 aromatic rings. The number of non-ortho nitro benzene ring substituents is 1. The van der Waals surface area contributed by atoms with Crippen LogP contribution >= 0.6 is 0 Å². The number of hydrogen-bond acceptors (Lipinski definition) is 5. The summed E-state index contributed by atoms with van der Waals surface area (Å²) < 4.78 is 33.0. The first kappa shape index (κ1) is 16.3. The lowest BCUT2D eigenvalue weighted by molar-refractivity contribution is -0.385. The molecule has 24 heavy (non-hydrogen) atoms. The molecular weight excluding hydrogens is 332 g/mol. The second kappa shape index (κ2) is 5.79. The molecule has 1 heterocycles. The van der Waals surface area contributed by atoms with Crippen molar-refractivity contribution >= 4 is 21.4 Å². The molecule has 1 aliphatic rings. The molecule has 126 valence electrons. The number of fused-ring (bicyclic) bond motifs is 1. The van der Waals surface area contributed by atoms with Gasteiger partial charge >= 0.3 is 0 Å². The van der Waals surface area contributed by atoms with E-state index in [1.54, 1.807) is 38.1 Å². The van der Waals surface area contributed by atoms with E-state index in [1.165, 1.54) is 10.4 Å². The lowest BCUT2D eigenvalue weighted by Crippen LogP contribution is -2.38. The Balaban J connectivity index is 2.18. The molecule has 0 aromatic heterocycles. The Bertz CT molecular complexity index is 924. The molecule has 0 bridgehead atoms. The molecule has 0 atom stereocenters. The molecule has 0 N–H and O–H groups in total. The molecule has 7 nitrogen and oxygen atoms in total. The molecule has 0 radical (unpaired) electrons. The zero-order valence-electron chi connectivity index (χ0n) is 13.2. The van der Waals surface area contributed by atoms with E-state index in [0.29, 0.717) is 22.6 Å². The Labute approximate surface area is 139 Å². The van der Waals surface area contributed by atoms with Crippen LogP contribution in [0.1, 0.15) is 11.1 Å². The maximum atomic E-state index is 13.1. The lowest BCUT2D eigenvalue weighted by atomic mass is 10.1. The van der Waals surface area contributed by atoms with E-state index >= 15 is 0 Å². The van der Waals surface area contributed by atoms with E-state index in [1.807, 2.05) is 0 Å². The summed E-state index contributed by atoms with van der Waals surface area (Å²) in [6.45, 7) is 3.69. The van der Waals surface area contributed by atoms with Crippen molar-refractivity contribution in [1.29, 1.82) is 0 Å². The van der Waals surface area contributed by atoms with Gasteiger partial charge in [-0.05, 0) is 37.1 Å². The summed E-state index contributed by atoms with van der Waals surface area (Å²) in [5, 5.41) is 11.1. The average molecular weight is 348 g/mol. The Morgan fingerprint density at radius 2 is 1.92 bits per heavy atom. The normalized spacial score (nSPS) is 14.0. The standard InChI is InChI=1S/C16H16N2O5S/c1-11-9-13(18(19)20)10-16(12(11)2)24(21,22)17-7-8-23-15-6-4-3-5-14(15)17/h3-6,9-10H,7-8H2,1-2H3. The number of hydrogen-bond donors (Lipinski definition) is 0. The van der Waals surface area contributed by atoms with Crippen LogP contribution in [-0.4, -0.2) is 26.5 Å². The first-order valence-electron chi connectivity index (χ1n) is 7.32. The summed E-state index contributed by atoms with van der Waals surface area (Å²) >= 11 is 0. The highest BCUT2D eigenvalue weighted by Gasteiger charge is 2.32. The van der Waals surface area contributed by atoms with Crippen molar-refractivity contribution in [3.63, 3.8) is 0 Å². The Hall–Kier alpha value is -2.61. The van der Waals surface area contributed by atoms with Crippen molar-refractivity contribution < 1.29 is 18.1 Å². The smallest absolute Gasteiger partial charge is 0.271 e. The molecule has 2 aromatic carbocycles. The maximum absolute atomic E-state index is 13.1. The van der Waals surface area contributed by atoms with Gasteiger partial charge in [-0.3, -0.25) is 14.4 Å². The van der Waals surface area contributed by atoms with Gasteiger partial charge in [0.05, 0.1) is 22.1 Å². The molecule has 0 aliphatic carbocycles. The van der Waals surface area contributed by atoms with Gasteiger partial charge in [-0.15, -0.1) is 0 Å². The van der Waals surface area contributed by atoms with E-state index in [2.05, 4.69) is 0 Å². The zero-order valence-corrected chi connectivity index (χ0v) is 14.0. The average Bonchev–Trinajstić information content (AvgIpc) is 2.56. The molecule has 0 saturated heterocycles. The number of ether oxygens (including phenoxy) is 1. The number of anilines is 1. The number of aryl methyl sites for hydroxylation is 1. The van der Waals surface area contributed by atoms with Crippen LogP contribution in [0.4, 0.5) is 11.4 Å². The van der Waals surface area contributed by atoms with Crippen molar-refractivity contribution in [3.8, 4) is 5.75 Å². The number of nitro groups is 1. The van der Waals surface area contributed by atoms with Crippen LogP contribution < -0.4 is 9.04 Å². The number of sulfonamides is 1. The third-order valence-electron chi connectivity index (χ3n) is 4.07. The fraction of sp³-hybridized carbons (Fsp3) is 0.250. The largest absolute Gasteiger partial charge is 0.489 e. The molecular formula is C16H16N2O5S. The van der Waals surface area contributed by atoms with E-state index < -0.39 is 14.9 Å². The van der Waals surface area contributed by atoms with Gasteiger partial charge in [0.2, 0.25) is 0 Å². The Morgan fingerprint density at radius 3 is 2.62 bits per heavy atom. The summed E-state index contributed by atoms with van der Waals surface area (Å²) in [6, 6.07) is 9.34. The number of para-hydroxylation sites is 2. The van der Waals surface area contributed by atoms with Gasteiger partial charge in [0.1, 0.15) is 12.4 Å². The van der Waals surface area contributed by atoms with Gasteiger partial charge in [0.25, 0.3) is 15.7 Å². The summed E-state index contributed by atoms with van der Waals surface area (Å²) in [6.07, 6.45) is 0. The zero-order chi connectivity index (χ0) is 17.5. The highest BCUT2D eigenvalue weighted by atomic mass is 32.2. The van der Waals surface area contributed by atoms with Crippen molar-refractivity contribution in [3.05, 3.63) is 57.6 Å². The van der Waals surface area contributed by atoms with E-state index in [4.69, 9.17) is 4.74 Å². The molecule has 8 heteroatoms. The number of nitro benzene ring substituents is 1. The number of nitrogens with zero attached hydrogens (tertiary/aromatic N) is 2. The summed E-state index contributed by atoms with van der Waals surface area (Å²) in [5.74, 6) is 0.479. The van der Waals surface area contributed by atoms with Gasteiger partial charge < -0.3 is 4.74 Å². The van der Waals surface area contributed by atoms with Crippen molar-refractivity contribution in [1.82, 2.24) is 0 Å². The molecule has 0 fully saturated rings. The third-order valence-corrected chi connectivity index (χ3v) is 6.01. The van der Waals surface area contributed by atoms with Gasteiger partial charge in [0, 0.05) is 12.1 Å². The van der Waals surface area contributed by atoms with E-state index in [9.17, 15) is 18.5 Å². The minimum atomic E-state index is -3.94. The van der Waals surface area contributed by atoms with Gasteiger partial charge in [0.15, 0.2) is 0 Å². The molecule has 0 saturated carbocycles. The monoisotopic (exact) mass is 348 g/mol. The highest BCUT2D eigenvalue weighted by Crippen LogP contribution is 2.36. The van der Waals surface area contributed by atoms with Crippen molar-refractivity contribution in [2.45, 2.75) is 18.7 Å². The van der Waals surface area contributed by atoms with Crippen molar-refractivity contribution in [2.24, 2.45) is 0 Å². The molecule has 1 aliphatic heterocycles. The molecule has 3 rings (SSSR count). The molecule has 0 amide bonds. The van der Waals surface area contributed by atoms with Crippen LogP contribution in [-0.2, 0) is 10.0 Å². The first-order valence-corrected chi connectivity index (χ1v) is 8.76. The van der Waals surface area contributed by atoms with E-state index in [0.717, 1.165) is 6.07 Å². The van der Waals surface area contributed by atoms with Gasteiger partial charge in [-0.25, -0.2) is 8.42 Å². The van der Waals surface area contributed by atoms with E-state index in [-0.39, 0.29) is 23.7 Å². The van der Waals surface area contributed by atoms with Gasteiger partial charge in [-0.2, -0.15) is 0 Å². The summed E-state index contributed by atoms with van der Waals surface area (Å²) in [5.41, 5.74) is 1.26. The minimum Gasteiger partial charge on any atom is -0.489 e. The minimum absolute atomic E-state index is 0.0501. The first-order chi connectivity index (χ1) is 11.3. The molecule has 0 unspecified atom stereocenters. The predicted molar refractivity (Wildman–Crippen MR) is 89.0 cm³/mol. The lowest BCUT2D eigenvalue weighted by Gasteiger charge is -2.30. The molecule has 0 spiro atoms.